The Kier molecular flexibility index (Phi) is 5.04. The summed E-state index contributed by atoms with van der Waals surface area (Å²) in [6.07, 6.45) is 7.27. The maximum Gasteiger partial charge on any atom is 0.240 e. The zero-order chi connectivity index (χ0) is 14.6. The van der Waals surface area contributed by atoms with Crippen molar-refractivity contribution in [3.05, 3.63) is 0 Å². The number of nitrogens with one attached hydrogen (secondary N) is 1. The van der Waals surface area contributed by atoms with E-state index in [1.807, 2.05) is 0 Å². The van der Waals surface area contributed by atoms with Crippen molar-refractivity contribution >= 4 is 5.91 Å². The van der Waals surface area contributed by atoms with Gasteiger partial charge in [-0.3, -0.25) is 9.69 Å². The summed E-state index contributed by atoms with van der Waals surface area (Å²) in [6.45, 7) is 6.23. The average Bonchev–Trinajstić information content (AvgIpc) is 2.95. The monoisotopic (exact) mass is 277 g/mol. The van der Waals surface area contributed by atoms with Crippen molar-refractivity contribution in [2.24, 2.45) is 5.41 Å². The zero-order valence-electron chi connectivity index (χ0n) is 12.8. The molecule has 1 amide bonds. The molecule has 20 heavy (non-hydrogen) atoms. The minimum Gasteiger partial charge on any atom is -0.353 e. The Bertz CT molecular complexity index is 382. The lowest BCUT2D eigenvalue weighted by Crippen LogP contribution is -2.50. The fourth-order valence-electron chi connectivity index (χ4n) is 3.67. The molecule has 0 unspecified atom stereocenters. The van der Waals surface area contributed by atoms with Gasteiger partial charge in [0.1, 0.15) is 5.41 Å². The smallest absolute Gasteiger partial charge is 0.240 e. The molecule has 0 spiro atoms. The zero-order valence-corrected chi connectivity index (χ0v) is 12.8. The van der Waals surface area contributed by atoms with Crippen LogP contribution in [0.25, 0.3) is 0 Å². The molecule has 1 N–H and O–H groups in total. The van der Waals surface area contributed by atoms with Crippen LogP contribution in [0.5, 0.6) is 0 Å². The van der Waals surface area contributed by atoms with E-state index in [0.29, 0.717) is 18.6 Å². The van der Waals surface area contributed by atoms with E-state index in [1.165, 1.54) is 19.3 Å². The summed E-state index contributed by atoms with van der Waals surface area (Å²) in [5.74, 6) is -0.0472. The third-order valence-corrected chi connectivity index (χ3v) is 5.08. The predicted molar refractivity (Wildman–Crippen MR) is 79.0 cm³/mol. The predicted octanol–water partition coefficient (Wildman–Crippen LogP) is 2.45. The van der Waals surface area contributed by atoms with Crippen LogP contribution in [-0.2, 0) is 4.79 Å². The summed E-state index contributed by atoms with van der Waals surface area (Å²) in [6, 6.07) is 3.22. The minimum atomic E-state index is -0.743. The lowest BCUT2D eigenvalue weighted by Gasteiger charge is -2.38. The molecule has 1 heterocycles. The Morgan fingerprint density at radius 1 is 1.40 bits per heavy atom. The van der Waals surface area contributed by atoms with Gasteiger partial charge in [0, 0.05) is 18.6 Å². The molecule has 0 aromatic rings. The van der Waals surface area contributed by atoms with E-state index in [0.717, 1.165) is 32.2 Å². The molecule has 1 aliphatic heterocycles. The van der Waals surface area contributed by atoms with E-state index in [9.17, 15) is 10.1 Å². The number of amides is 1. The van der Waals surface area contributed by atoms with Gasteiger partial charge in [0.05, 0.1) is 6.07 Å². The summed E-state index contributed by atoms with van der Waals surface area (Å²) >= 11 is 0. The number of nitrogens with zero attached hydrogens (tertiary/aromatic N) is 2. The van der Waals surface area contributed by atoms with Gasteiger partial charge in [-0.25, -0.2) is 0 Å². The number of rotatable bonds is 4. The number of nitriles is 1. The third kappa shape index (κ3) is 3.15. The Hall–Kier alpha value is -1.08. The maximum absolute atomic E-state index is 12.3. The van der Waals surface area contributed by atoms with Gasteiger partial charge in [0.2, 0.25) is 5.91 Å². The molecule has 1 saturated heterocycles. The quantitative estimate of drug-likeness (QED) is 0.858. The molecular formula is C16H27N3O. The van der Waals surface area contributed by atoms with Crippen molar-refractivity contribution in [3.63, 3.8) is 0 Å². The Morgan fingerprint density at radius 3 is 2.70 bits per heavy atom. The molecule has 2 rings (SSSR count). The molecule has 2 fully saturated rings. The highest BCUT2D eigenvalue weighted by atomic mass is 16.2. The van der Waals surface area contributed by atoms with Crippen LogP contribution in [0.2, 0.25) is 0 Å². The third-order valence-electron chi connectivity index (χ3n) is 5.08. The van der Waals surface area contributed by atoms with E-state index in [-0.39, 0.29) is 5.91 Å². The SMILES string of the molecule is C[C@@H]1CCCCN1[C@@H](C)CNC(=O)C1(C#N)CCCC1. The molecular weight excluding hydrogens is 250 g/mol. The van der Waals surface area contributed by atoms with Gasteiger partial charge in [-0.15, -0.1) is 0 Å². The number of likely N-dealkylation sites (tertiary alicyclic amines) is 1. The van der Waals surface area contributed by atoms with Gasteiger partial charge in [0.25, 0.3) is 0 Å². The number of hydrogen-bond donors (Lipinski definition) is 1. The Morgan fingerprint density at radius 2 is 2.10 bits per heavy atom. The van der Waals surface area contributed by atoms with Gasteiger partial charge in [-0.1, -0.05) is 19.3 Å². The molecule has 4 nitrogen and oxygen atoms in total. The molecule has 0 aromatic heterocycles. The van der Waals surface area contributed by atoms with Crippen LogP contribution in [0.3, 0.4) is 0 Å². The van der Waals surface area contributed by atoms with Gasteiger partial charge in [-0.05, 0) is 46.1 Å². The summed E-state index contributed by atoms with van der Waals surface area (Å²) in [5, 5.41) is 12.4. The van der Waals surface area contributed by atoms with Crippen LogP contribution in [-0.4, -0.2) is 36.0 Å². The molecule has 0 radical (unpaired) electrons. The number of piperidine rings is 1. The highest BCUT2D eigenvalue weighted by Crippen LogP contribution is 2.37. The van der Waals surface area contributed by atoms with Gasteiger partial charge >= 0.3 is 0 Å². The Labute approximate surface area is 122 Å². The first-order valence-corrected chi connectivity index (χ1v) is 8.04. The normalized spacial score (nSPS) is 27.8. The van der Waals surface area contributed by atoms with Crippen molar-refractivity contribution < 1.29 is 4.79 Å². The summed E-state index contributed by atoms with van der Waals surface area (Å²) in [4.78, 5) is 14.8. The van der Waals surface area contributed by atoms with Crippen LogP contribution >= 0.6 is 0 Å². The van der Waals surface area contributed by atoms with Crippen molar-refractivity contribution in [2.45, 2.75) is 70.9 Å². The number of carbonyl (C=O) groups excluding carboxylic acids is 1. The van der Waals surface area contributed by atoms with Crippen molar-refractivity contribution in [1.82, 2.24) is 10.2 Å². The number of carbonyl (C=O) groups is 1. The summed E-state index contributed by atoms with van der Waals surface area (Å²) < 4.78 is 0. The first-order chi connectivity index (χ1) is 9.59. The maximum atomic E-state index is 12.3. The van der Waals surface area contributed by atoms with Crippen molar-refractivity contribution in [3.8, 4) is 6.07 Å². The molecule has 2 aliphatic rings. The van der Waals surface area contributed by atoms with E-state index >= 15 is 0 Å². The largest absolute Gasteiger partial charge is 0.353 e. The van der Waals surface area contributed by atoms with E-state index < -0.39 is 5.41 Å². The molecule has 1 aliphatic carbocycles. The average molecular weight is 277 g/mol. The highest BCUT2D eigenvalue weighted by Gasteiger charge is 2.41. The molecule has 0 aromatic carbocycles. The van der Waals surface area contributed by atoms with Crippen LogP contribution in [0.15, 0.2) is 0 Å². The second-order valence-electron chi connectivity index (χ2n) is 6.54. The summed E-state index contributed by atoms with van der Waals surface area (Å²) in [5.41, 5.74) is -0.743. The van der Waals surface area contributed by atoms with Crippen LogP contribution in [0.1, 0.15) is 58.8 Å². The summed E-state index contributed by atoms with van der Waals surface area (Å²) in [7, 11) is 0. The molecule has 2 atom stereocenters. The number of hydrogen-bond acceptors (Lipinski definition) is 3. The Balaban J connectivity index is 1.85. The fourth-order valence-corrected chi connectivity index (χ4v) is 3.67. The minimum absolute atomic E-state index is 0.0472. The van der Waals surface area contributed by atoms with E-state index in [4.69, 9.17) is 0 Å². The first-order valence-electron chi connectivity index (χ1n) is 8.04. The lowest BCUT2D eigenvalue weighted by atomic mass is 9.87. The lowest BCUT2D eigenvalue weighted by molar-refractivity contribution is -0.128. The molecule has 0 bridgehead atoms. The first kappa shape index (κ1) is 15.3. The van der Waals surface area contributed by atoms with Gasteiger partial charge < -0.3 is 5.32 Å². The van der Waals surface area contributed by atoms with Gasteiger partial charge in [0.15, 0.2) is 0 Å². The molecule has 1 saturated carbocycles. The highest BCUT2D eigenvalue weighted by molar-refractivity contribution is 5.85. The van der Waals surface area contributed by atoms with Crippen molar-refractivity contribution in [2.75, 3.05) is 13.1 Å². The fraction of sp³-hybridized carbons (Fsp3) is 0.875. The van der Waals surface area contributed by atoms with Crippen LogP contribution in [0, 0.1) is 16.7 Å². The van der Waals surface area contributed by atoms with Crippen LogP contribution in [0.4, 0.5) is 0 Å². The molecule has 4 heteroatoms. The second-order valence-corrected chi connectivity index (χ2v) is 6.54. The topological polar surface area (TPSA) is 56.1 Å². The second kappa shape index (κ2) is 6.58. The van der Waals surface area contributed by atoms with Crippen molar-refractivity contribution in [1.29, 1.82) is 5.26 Å². The molecule has 112 valence electrons. The van der Waals surface area contributed by atoms with Gasteiger partial charge in [-0.2, -0.15) is 5.26 Å². The van der Waals surface area contributed by atoms with E-state index in [1.54, 1.807) is 0 Å². The van der Waals surface area contributed by atoms with Crippen LogP contribution < -0.4 is 5.32 Å². The standard InChI is InChI=1S/C16H27N3O/c1-13-7-3-6-10-19(13)14(2)11-18-15(20)16(12-17)8-4-5-9-16/h13-14H,3-11H2,1-2H3,(H,18,20)/t13-,14+/m1/s1. The van der Waals surface area contributed by atoms with E-state index in [2.05, 4.69) is 30.1 Å².